The molecule has 1 aromatic carbocycles. The predicted molar refractivity (Wildman–Crippen MR) is 71.5 cm³/mol. The first-order valence-electron chi connectivity index (χ1n) is 5.59. The summed E-state index contributed by atoms with van der Waals surface area (Å²) in [5.74, 6) is 0. The summed E-state index contributed by atoms with van der Waals surface area (Å²) in [5.41, 5.74) is 1.99. The average molecular weight is 260 g/mol. The van der Waals surface area contributed by atoms with Crippen molar-refractivity contribution < 1.29 is 0 Å². The molecule has 0 aliphatic heterocycles. The zero-order valence-electron chi connectivity index (χ0n) is 10.3. The van der Waals surface area contributed by atoms with Gasteiger partial charge in [-0.05, 0) is 12.1 Å². The first-order valence-corrected chi connectivity index (χ1v) is 5.59. The van der Waals surface area contributed by atoms with Gasteiger partial charge in [0.25, 0.3) is 0 Å². The predicted octanol–water partition coefficient (Wildman–Crippen LogP) is 2.31. The van der Waals surface area contributed by atoms with Crippen LogP contribution in [-0.4, -0.2) is 9.97 Å². The van der Waals surface area contributed by atoms with Gasteiger partial charge >= 0.3 is 0 Å². The van der Waals surface area contributed by atoms with Crippen LogP contribution in [0, 0.1) is 34.0 Å². The second-order valence-corrected chi connectivity index (χ2v) is 3.76. The maximum Gasteiger partial charge on any atom is 0.163 e. The first kappa shape index (κ1) is 12.9. The molecular formula is C14H8N6. The van der Waals surface area contributed by atoms with E-state index in [2.05, 4.69) is 15.3 Å². The highest BCUT2D eigenvalue weighted by atomic mass is 14.9. The van der Waals surface area contributed by atoms with Crippen molar-refractivity contribution in [1.29, 1.82) is 15.8 Å². The summed E-state index contributed by atoms with van der Waals surface area (Å²) in [4.78, 5) is 6.91. The summed E-state index contributed by atoms with van der Waals surface area (Å²) in [6.07, 6.45) is 3.25. The molecular weight excluding hydrogens is 252 g/mol. The van der Waals surface area contributed by atoms with Crippen LogP contribution in [0.1, 0.15) is 0 Å². The number of aromatic amines is 1. The van der Waals surface area contributed by atoms with Crippen LogP contribution in [0.3, 0.4) is 0 Å². The van der Waals surface area contributed by atoms with Gasteiger partial charge in [0, 0.05) is 11.3 Å². The summed E-state index contributed by atoms with van der Waals surface area (Å²) in [7, 11) is 0. The number of allylic oxidation sites excluding steroid dienone is 2. The lowest BCUT2D eigenvalue weighted by Gasteiger charge is -2.06. The molecule has 94 valence electrons. The normalized spacial score (nSPS) is 8.85. The Morgan fingerprint density at radius 2 is 1.95 bits per heavy atom. The quantitative estimate of drug-likeness (QED) is 0.822. The van der Waals surface area contributed by atoms with E-state index in [1.807, 2.05) is 12.1 Å². The van der Waals surface area contributed by atoms with Crippen LogP contribution in [0.15, 0.2) is 48.1 Å². The van der Waals surface area contributed by atoms with Gasteiger partial charge in [-0.1, -0.05) is 12.1 Å². The number of anilines is 1. The molecule has 0 fully saturated rings. The third-order valence-corrected chi connectivity index (χ3v) is 2.53. The fraction of sp³-hybridized carbons (Fsp3) is 0. The van der Waals surface area contributed by atoms with Crippen LogP contribution < -0.4 is 5.32 Å². The first-order chi connectivity index (χ1) is 9.78. The van der Waals surface area contributed by atoms with Gasteiger partial charge in [-0.2, -0.15) is 15.8 Å². The van der Waals surface area contributed by atoms with Crippen LogP contribution >= 0.6 is 0 Å². The molecule has 0 amide bonds. The molecule has 2 N–H and O–H groups in total. The number of rotatable bonds is 3. The van der Waals surface area contributed by atoms with Crippen LogP contribution in [-0.2, 0) is 0 Å². The maximum absolute atomic E-state index is 8.98. The Morgan fingerprint density at radius 3 is 2.55 bits per heavy atom. The summed E-state index contributed by atoms with van der Waals surface area (Å²) in [6, 6.07) is 12.4. The second kappa shape index (κ2) is 5.86. The molecule has 1 heterocycles. The molecule has 0 aliphatic rings. The van der Waals surface area contributed by atoms with Gasteiger partial charge in [0.05, 0.1) is 18.2 Å². The van der Waals surface area contributed by atoms with E-state index in [0.717, 1.165) is 11.3 Å². The smallest absolute Gasteiger partial charge is 0.163 e. The number of nitrogens with zero attached hydrogens (tertiary/aromatic N) is 4. The molecule has 0 bridgehead atoms. The molecule has 0 aliphatic carbocycles. The number of H-pyrrole nitrogens is 1. The Hall–Kier alpha value is -3.56. The zero-order valence-corrected chi connectivity index (χ0v) is 10.3. The van der Waals surface area contributed by atoms with Crippen molar-refractivity contribution >= 4 is 5.69 Å². The number of benzene rings is 1. The van der Waals surface area contributed by atoms with E-state index in [0.29, 0.717) is 5.69 Å². The van der Waals surface area contributed by atoms with Gasteiger partial charge in [0.1, 0.15) is 23.9 Å². The number of hydrogen-bond donors (Lipinski definition) is 2. The molecule has 2 aromatic rings. The SMILES string of the molecule is N#CC(C#N)=C(C#N)Nc1cccc(-c2cnc[nH]2)c1. The lowest BCUT2D eigenvalue weighted by Crippen LogP contribution is -2.00. The largest absolute Gasteiger partial charge is 0.345 e. The van der Waals surface area contributed by atoms with E-state index in [4.69, 9.17) is 15.8 Å². The van der Waals surface area contributed by atoms with E-state index < -0.39 is 0 Å². The summed E-state index contributed by atoms with van der Waals surface area (Å²) >= 11 is 0. The van der Waals surface area contributed by atoms with E-state index in [9.17, 15) is 0 Å². The Morgan fingerprint density at radius 1 is 1.15 bits per heavy atom. The molecule has 0 spiro atoms. The highest BCUT2D eigenvalue weighted by Crippen LogP contribution is 2.21. The molecule has 0 saturated heterocycles. The summed E-state index contributed by atoms with van der Waals surface area (Å²) in [5, 5.41) is 29.3. The zero-order chi connectivity index (χ0) is 14.4. The minimum absolute atomic E-state index is 0.0724. The fourth-order valence-corrected chi connectivity index (χ4v) is 1.61. The second-order valence-electron chi connectivity index (χ2n) is 3.76. The summed E-state index contributed by atoms with van der Waals surface area (Å²) < 4.78 is 0. The minimum atomic E-state index is -0.251. The van der Waals surface area contributed by atoms with Crippen molar-refractivity contribution in [3.05, 3.63) is 48.1 Å². The van der Waals surface area contributed by atoms with E-state index in [-0.39, 0.29) is 11.3 Å². The van der Waals surface area contributed by atoms with Crippen molar-refractivity contribution in [3.8, 4) is 29.5 Å². The third kappa shape index (κ3) is 2.64. The molecule has 6 nitrogen and oxygen atoms in total. The molecule has 1 aromatic heterocycles. The number of hydrogen-bond acceptors (Lipinski definition) is 5. The minimum Gasteiger partial charge on any atom is -0.345 e. The summed E-state index contributed by atoms with van der Waals surface area (Å²) in [6.45, 7) is 0. The molecule has 0 atom stereocenters. The Labute approximate surface area is 115 Å². The Bertz CT molecular complexity index is 749. The van der Waals surface area contributed by atoms with Gasteiger partial charge in [0.15, 0.2) is 5.57 Å². The topological polar surface area (TPSA) is 112 Å². The van der Waals surface area contributed by atoms with Gasteiger partial charge in [-0.15, -0.1) is 0 Å². The lowest BCUT2D eigenvalue weighted by atomic mass is 10.1. The van der Waals surface area contributed by atoms with Gasteiger partial charge < -0.3 is 10.3 Å². The van der Waals surface area contributed by atoms with Gasteiger partial charge in [0.2, 0.25) is 0 Å². The molecule has 0 radical (unpaired) electrons. The van der Waals surface area contributed by atoms with E-state index in [1.54, 1.807) is 42.9 Å². The van der Waals surface area contributed by atoms with Crippen molar-refractivity contribution in [2.45, 2.75) is 0 Å². The van der Waals surface area contributed by atoms with E-state index >= 15 is 0 Å². The van der Waals surface area contributed by atoms with Crippen molar-refractivity contribution in [2.24, 2.45) is 0 Å². The monoisotopic (exact) mass is 260 g/mol. The van der Waals surface area contributed by atoms with Crippen molar-refractivity contribution in [3.63, 3.8) is 0 Å². The van der Waals surface area contributed by atoms with E-state index in [1.165, 1.54) is 0 Å². The Balaban J connectivity index is 2.35. The Kier molecular flexibility index (Phi) is 3.78. The molecule has 0 saturated carbocycles. The van der Waals surface area contributed by atoms with Crippen molar-refractivity contribution in [2.75, 3.05) is 5.32 Å². The van der Waals surface area contributed by atoms with Crippen LogP contribution in [0.25, 0.3) is 11.3 Å². The number of aromatic nitrogens is 2. The molecule has 2 rings (SSSR count). The molecule has 6 heteroatoms. The number of nitrogens with one attached hydrogen (secondary N) is 2. The fourth-order valence-electron chi connectivity index (χ4n) is 1.61. The number of nitriles is 3. The van der Waals surface area contributed by atoms with Crippen LogP contribution in [0.2, 0.25) is 0 Å². The molecule has 20 heavy (non-hydrogen) atoms. The third-order valence-electron chi connectivity index (χ3n) is 2.53. The highest BCUT2D eigenvalue weighted by molar-refractivity contribution is 5.67. The lowest BCUT2D eigenvalue weighted by molar-refractivity contribution is 1.31. The highest BCUT2D eigenvalue weighted by Gasteiger charge is 2.07. The molecule has 0 unspecified atom stereocenters. The van der Waals surface area contributed by atoms with Crippen molar-refractivity contribution in [1.82, 2.24) is 9.97 Å². The maximum atomic E-state index is 8.98. The van der Waals surface area contributed by atoms with Crippen LogP contribution in [0.4, 0.5) is 5.69 Å². The standard InChI is InChI=1S/C14H8N6/c15-5-11(6-16)13(7-17)20-12-3-1-2-10(4-12)14-8-18-9-19-14/h1-4,8-9,20H,(H,18,19). The van der Waals surface area contributed by atoms with Gasteiger partial charge in [-0.3, -0.25) is 0 Å². The average Bonchev–Trinajstić information content (AvgIpc) is 3.02. The number of imidazole rings is 1. The van der Waals surface area contributed by atoms with Crippen LogP contribution in [0.5, 0.6) is 0 Å². The van der Waals surface area contributed by atoms with Gasteiger partial charge in [-0.25, -0.2) is 4.98 Å².